The van der Waals surface area contributed by atoms with Gasteiger partial charge in [0.15, 0.2) is 5.82 Å². The SMILES string of the molecule is CC(C)(C)c1ccc2c(c1)c1cc(C(C)(C)C)ccc1n2-c1ccccc1-c1nc(C2c3ccccc3-c3ccccc32)nc(C2c3ccccc3-c3ccccc32)n1. The molecule has 0 aliphatic heterocycles. The van der Waals surface area contributed by atoms with E-state index in [4.69, 9.17) is 15.0 Å². The number of hydrogen-bond donors (Lipinski definition) is 0. The molecule has 9 aromatic rings. The van der Waals surface area contributed by atoms with Gasteiger partial charge >= 0.3 is 0 Å². The van der Waals surface area contributed by atoms with Crippen molar-refractivity contribution in [2.45, 2.75) is 64.2 Å². The lowest BCUT2D eigenvalue weighted by molar-refractivity contribution is 0.590. The fourth-order valence-corrected chi connectivity index (χ4v) is 9.73. The van der Waals surface area contributed by atoms with E-state index in [1.807, 2.05) is 0 Å². The molecule has 59 heavy (non-hydrogen) atoms. The third-order valence-corrected chi connectivity index (χ3v) is 12.7. The molecule has 2 aliphatic rings. The molecule has 286 valence electrons. The van der Waals surface area contributed by atoms with Gasteiger partial charge in [-0.3, -0.25) is 0 Å². The van der Waals surface area contributed by atoms with Crippen molar-refractivity contribution in [2.75, 3.05) is 0 Å². The molecule has 0 radical (unpaired) electrons. The van der Waals surface area contributed by atoms with Gasteiger partial charge in [0.1, 0.15) is 11.6 Å². The van der Waals surface area contributed by atoms with Crippen LogP contribution in [0.5, 0.6) is 0 Å². The lowest BCUT2D eigenvalue weighted by Crippen LogP contribution is -2.14. The average Bonchev–Trinajstić information content (AvgIpc) is 3.88. The van der Waals surface area contributed by atoms with Crippen LogP contribution in [0.3, 0.4) is 0 Å². The Morgan fingerprint density at radius 3 is 1.14 bits per heavy atom. The van der Waals surface area contributed by atoms with Crippen LogP contribution in [0.25, 0.3) is 61.1 Å². The van der Waals surface area contributed by atoms with Crippen molar-refractivity contribution in [1.82, 2.24) is 19.5 Å². The molecule has 2 aliphatic carbocycles. The summed E-state index contributed by atoms with van der Waals surface area (Å²) in [4.78, 5) is 16.7. The van der Waals surface area contributed by atoms with E-state index < -0.39 is 0 Å². The predicted octanol–water partition coefficient (Wildman–Crippen LogP) is 13.6. The molecule has 11 rings (SSSR count). The Bertz CT molecular complexity index is 2880. The highest BCUT2D eigenvalue weighted by molar-refractivity contribution is 6.10. The summed E-state index contributed by atoms with van der Waals surface area (Å²) in [5, 5.41) is 2.51. The maximum Gasteiger partial charge on any atom is 0.165 e. The molecule has 0 bridgehead atoms. The van der Waals surface area contributed by atoms with Gasteiger partial charge in [-0.25, -0.2) is 15.0 Å². The lowest BCUT2D eigenvalue weighted by atomic mass is 9.85. The molecular formula is C55H46N4. The highest BCUT2D eigenvalue weighted by Crippen LogP contribution is 2.50. The van der Waals surface area contributed by atoms with E-state index in [2.05, 4.69) is 204 Å². The van der Waals surface area contributed by atoms with Crippen LogP contribution < -0.4 is 0 Å². The molecule has 0 unspecified atom stereocenters. The fraction of sp³-hybridized carbons (Fsp3) is 0.182. The molecule has 0 atom stereocenters. The second-order valence-corrected chi connectivity index (χ2v) is 18.4. The quantitative estimate of drug-likeness (QED) is 0.179. The molecule has 0 fully saturated rings. The monoisotopic (exact) mass is 762 g/mol. The smallest absolute Gasteiger partial charge is 0.165 e. The molecule has 7 aromatic carbocycles. The highest BCUT2D eigenvalue weighted by atomic mass is 15.1. The molecule has 0 amide bonds. The van der Waals surface area contributed by atoms with Gasteiger partial charge in [-0.2, -0.15) is 0 Å². The van der Waals surface area contributed by atoms with E-state index in [-0.39, 0.29) is 22.7 Å². The van der Waals surface area contributed by atoms with Crippen LogP contribution in [-0.2, 0) is 10.8 Å². The number of fused-ring (bicyclic) bond motifs is 9. The molecule has 4 heteroatoms. The first-order valence-corrected chi connectivity index (χ1v) is 20.9. The summed E-state index contributed by atoms with van der Waals surface area (Å²) in [7, 11) is 0. The zero-order valence-corrected chi connectivity index (χ0v) is 34.5. The van der Waals surface area contributed by atoms with Crippen molar-refractivity contribution in [3.63, 3.8) is 0 Å². The summed E-state index contributed by atoms with van der Waals surface area (Å²) in [6, 6.07) is 57.7. The molecule has 4 nitrogen and oxygen atoms in total. The van der Waals surface area contributed by atoms with E-state index in [0.29, 0.717) is 5.82 Å². The second kappa shape index (κ2) is 12.9. The van der Waals surface area contributed by atoms with Gasteiger partial charge in [-0.1, -0.05) is 163 Å². The van der Waals surface area contributed by atoms with Crippen molar-refractivity contribution >= 4 is 21.8 Å². The predicted molar refractivity (Wildman–Crippen MR) is 243 cm³/mol. The van der Waals surface area contributed by atoms with Gasteiger partial charge in [0.05, 0.1) is 28.6 Å². The second-order valence-electron chi connectivity index (χ2n) is 18.4. The van der Waals surface area contributed by atoms with Crippen LogP contribution >= 0.6 is 0 Å². The van der Waals surface area contributed by atoms with Gasteiger partial charge in [0.2, 0.25) is 0 Å². The molecule has 0 spiro atoms. The maximum absolute atomic E-state index is 5.55. The maximum atomic E-state index is 5.55. The number of nitrogens with zero attached hydrogens (tertiary/aromatic N) is 4. The van der Waals surface area contributed by atoms with E-state index in [1.54, 1.807) is 0 Å². The van der Waals surface area contributed by atoms with Crippen LogP contribution in [0, 0.1) is 0 Å². The van der Waals surface area contributed by atoms with Crippen LogP contribution in [0.15, 0.2) is 158 Å². The fourth-order valence-electron chi connectivity index (χ4n) is 9.73. The average molecular weight is 763 g/mol. The number of rotatable bonds is 4. The minimum atomic E-state index is -0.137. The number of benzene rings is 7. The third-order valence-electron chi connectivity index (χ3n) is 12.7. The Morgan fingerprint density at radius 2 is 0.746 bits per heavy atom. The summed E-state index contributed by atoms with van der Waals surface area (Å²) in [5.41, 5.74) is 16.9. The topological polar surface area (TPSA) is 43.6 Å². The van der Waals surface area contributed by atoms with Crippen LogP contribution in [0.1, 0.15) is 98.4 Å². The third kappa shape index (κ3) is 5.53. The summed E-state index contributed by atoms with van der Waals surface area (Å²) < 4.78 is 2.43. The summed E-state index contributed by atoms with van der Waals surface area (Å²) in [6.45, 7) is 13.8. The normalized spacial score (nSPS) is 13.8. The van der Waals surface area contributed by atoms with Crippen LogP contribution in [0.2, 0.25) is 0 Å². The molecule has 0 saturated carbocycles. The Labute approximate surface area is 346 Å². The van der Waals surface area contributed by atoms with E-state index in [0.717, 1.165) is 22.9 Å². The van der Waals surface area contributed by atoms with Gasteiger partial charge in [0, 0.05) is 16.3 Å². The van der Waals surface area contributed by atoms with Crippen LogP contribution in [-0.4, -0.2) is 19.5 Å². The summed E-state index contributed by atoms with van der Waals surface area (Å²) in [6.07, 6.45) is 0. The molecule has 2 heterocycles. The Balaban J connectivity index is 1.19. The van der Waals surface area contributed by atoms with Gasteiger partial charge in [-0.15, -0.1) is 0 Å². The first-order valence-electron chi connectivity index (χ1n) is 20.9. The minimum absolute atomic E-state index is 0.00872. The zero-order chi connectivity index (χ0) is 40.2. The first kappa shape index (κ1) is 35.5. The highest BCUT2D eigenvalue weighted by Gasteiger charge is 2.36. The Hall–Kier alpha value is -6.65. The van der Waals surface area contributed by atoms with Gasteiger partial charge in [-0.05, 0) is 103 Å². The molecule has 0 saturated heterocycles. The molecular weight excluding hydrogens is 717 g/mol. The number of para-hydroxylation sites is 1. The number of aromatic nitrogens is 4. The van der Waals surface area contributed by atoms with E-state index in [9.17, 15) is 0 Å². The number of hydrogen-bond acceptors (Lipinski definition) is 3. The Kier molecular flexibility index (Phi) is 7.78. The van der Waals surface area contributed by atoms with Crippen molar-refractivity contribution in [3.8, 4) is 39.3 Å². The summed E-state index contributed by atoms with van der Waals surface area (Å²) >= 11 is 0. The van der Waals surface area contributed by atoms with Crippen LogP contribution in [0.4, 0.5) is 0 Å². The van der Waals surface area contributed by atoms with Gasteiger partial charge in [0.25, 0.3) is 0 Å². The van der Waals surface area contributed by atoms with E-state index >= 15 is 0 Å². The van der Waals surface area contributed by atoms with Crippen molar-refractivity contribution < 1.29 is 0 Å². The van der Waals surface area contributed by atoms with E-state index in [1.165, 1.54) is 77.4 Å². The van der Waals surface area contributed by atoms with Gasteiger partial charge < -0.3 is 4.57 Å². The molecule has 2 aromatic heterocycles. The summed E-state index contributed by atoms with van der Waals surface area (Å²) in [5.74, 6) is 1.94. The lowest BCUT2D eigenvalue weighted by Gasteiger charge is -2.20. The van der Waals surface area contributed by atoms with Crippen molar-refractivity contribution in [1.29, 1.82) is 0 Å². The standard InChI is InChI=1S/C55H46N4/c1-54(2,3)33-27-29-47-44(31-33)45-32-34(55(4,5)6)28-30-48(45)59(47)46-26-16-15-25-43(46)51-56-52(49-39-21-11-7-17-35(39)36-18-8-12-22-40(36)49)58-53(57-51)50-41-23-13-9-19-37(41)38-20-10-14-24-42(38)50/h7-32,49-50H,1-6H3. The first-order chi connectivity index (χ1) is 28.5. The van der Waals surface area contributed by atoms with Crippen molar-refractivity contribution in [3.05, 3.63) is 203 Å². The minimum Gasteiger partial charge on any atom is -0.309 e. The Morgan fingerprint density at radius 1 is 0.390 bits per heavy atom. The molecule has 0 N–H and O–H groups in total. The zero-order valence-electron chi connectivity index (χ0n) is 34.5. The van der Waals surface area contributed by atoms with Crippen molar-refractivity contribution in [2.24, 2.45) is 0 Å². The largest absolute Gasteiger partial charge is 0.309 e.